The lowest BCUT2D eigenvalue weighted by molar-refractivity contribution is 0.0600. The largest absolute Gasteiger partial charge is 0.465 e. The van der Waals surface area contributed by atoms with Gasteiger partial charge in [-0.3, -0.25) is 13.9 Å². The molecule has 0 aliphatic carbocycles. The van der Waals surface area contributed by atoms with E-state index in [0.717, 1.165) is 10.1 Å². The summed E-state index contributed by atoms with van der Waals surface area (Å²) in [6, 6.07) is 15.6. The molecule has 4 rings (SSSR count). The van der Waals surface area contributed by atoms with Gasteiger partial charge in [0, 0.05) is 6.20 Å². The summed E-state index contributed by atoms with van der Waals surface area (Å²) in [5, 5.41) is 0. The Labute approximate surface area is 176 Å². The van der Waals surface area contributed by atoms with Gasteiger partial charge in [0.1, 0.15) is 5.82 Å². The van der Waals surface area contributed by atoms with Gasteiger partial charge in [0.25, 0.3) is 5.56 Å². The van der Waals surface area contributed by atoms with Crippen LogP contribution in [-0.2, 0) is 17.8 Å². The highest BCUT2D eigenvalue weighted by Gasteiger charge is 2.15. The highest BCUT2D eigenvalue weighted by atomic mass is 19.1. The van der Waals surface area contributed by atoms with Crippen molar-refractivity contribution in [1.82, 2.24) is 14.1 Å². The molecule has 2 heterocycles. The third-order valence-electron chi connectivity index (χ3n) is 4.96. The maximum Gasteiger partial charge on any atom is 0.337 e. The molecule has 0 bridgehead atoms. The Kier molecular flexibility index (Phi) is 5.44. The van der Waals surface area contributed by atoms with Gasteiger partial charge in [-0.15, -0.1) is 0 Å². The van der Waals surface area contributed by atoms with Gasteiger partial charge in [-0.1, -0.05) is 24.3 Å². The molecule has 0 fully saturated rings. The number of esters is 1. The van der Waals surface area contributed by atoms with Gasteiger partial charge < -0.3 is 4.74 Å². The third kappa shape index (κ3) is 4.00. The minimum atomic E-state index is -0.512. The fraction of sp³-hybridized carbons (Fsp3) is 0.130. The molecule has 0 spiro atoms. The van der Waals surface area contributed by atoms with Crippen molar-refractivity contribution < 1.29 is 13.9 Å². The Balaban J connectivity index is 1.80. The zero-order valence-corrected chi connectivity index (χ0v) is 16.6. The summed E-state index contributed by atoms with van der Waals surface area (Å²) in [5.74, 6) is -0.852. The third-order valence-corrected chi connectivity index (χ3v) is 4.96. The summed E-state index contributed by atoms with van der Waals surface area (Å²) in [6.07, 6.45) is 1.49. The van der Waals surface area contributed by atoms with Gasteiger partial charge >= 0.3 is 11.7 Å². The van der Waals surface area contributed by atoms with E-state index in [-0.39, 0.29) is 18.6 Å². The number of aromatic nitrogens is 3. The predicted octanol–water partition coefficient (Wildman–Crippen LogP) is 2.58. The smallest absolute Gasteiger partial charge is 0.337 e. The lowest BCUT2D eigenvalue weighted by Crippen LogP contribution is -2.40. The number of carbonyl (C=O) groups excluding carboxylic acids is 1. The lowest BCUT2D eigenvalue weighted by Gasteiger charge is -2.14. The summed E-state index contributed by atoms with van der Waals surface area (Å²) in [4.78, 5) is 42.0. The molecule has 8 heteroatoms. The maximum atomic E-state index is 13.3. The van der Waals surface area contributed by atoms with E-state index in [9.17, 15) is 18.8 Å². The van der Waals surface area contributed by atoms with Crippen molar-refractivity contribution in [3.8, 4) is 0 Å². The monoisotopic (exact) mass is 419 g/mol. The number of hydrogen-bond acceptors (Lipinski definition) is 5. The number of fused-ring (bicyclic) bond motifs is 1. The Morgan fingerprint density at radius 3 is 2.19 bits per heavy atom. The second-order valence-electron chi connectivity index (χ2n) is 6.95. The first-order valence-corrected chi connectivity index (χ1v) is 9.48. The molecule has 0 amide bonds. The predicted molar refractivity (Wildman–Crippen MR) is 113 cm³/mol. The molecule has 0 radical (unpaired) electrons. The minimum absolute atomic E-state index is 0.00819. The van der Waals surface area contributed by atoms with Gasteiger partial charge in [0.2, 0.25) is 0 Å². The number of carbonyl (C=O) groups is 1. The van der Waals surface area contributed by atoms with Gasteiger partial charge in [-0.25, -0.2) is 19.0 Å². The Morgan fingerprint density at radius 1 is 0.935 bits per heavy atom. The molecule has 0 unspecified atom stereocenters. The number of hydrogen-bond donors (Lipinski definition) is 0. The Hall–Kier alpha value is -4.07. The number of halogens is 1. The van der Waals surface area contributed by atoms with Crippen LogP contribution in [0.15, 0.2) is 76.4 Å². The van der Waals surface area contributed by atoms with Crippen LogP contribution in [0.3, 0.4) is 0 Å². The van der Waals surface area contributed by atoms with Crippen LogP contribution in [0.25, 0.3) is 11.0 Å². The minimum Gasteiger partial charge on any atom is -0.465 e. The highest BCUT2D eigenvalue weighted by molar-refractivity contribution is 5.89. The summed E-state index contributed by atoms with van der Waals surface area (Å²) in [6.45, 7) is 0.165. The van der Waals surface area contributed by atoms with Crippen LogP contribution in [-0.4, -0.2) is 27.2 Å². The Bertz CT molecular complexity index is 1370. The average molecular weight is 419 g/mol. The van der Waals surface area contributed by atoms with E-state index in [1.807, 2.05) is 0 Å². The molecule has 0 saturated carbocycles. The van der Waals surface area contributed by atoms with Gasteiger partial charge in [-0.05, 0) is 47.5 Å². The Morgan fingerprint density at radius 2 is 1.55 bits per heavy atom. The highest BCUT2D eigenvalue weighted by Crippen LogP contribution is 2.11. The maximum absolute atomic E-state index is 13.3. The number of methoxy groups -OCH3 is 1. The zero-order chi connectivity index (χ0) is 22.0. The van der Waals surface area contributed by atoms with Crippen LogP contribution in [0.2, 0.25) is 0 Å². The number of benzene rings is 2. The quantitative estimate of drug-likeness (QED) is 0.465. The lowest BCUT2D eigenvalue weighted by atomic mass is 10.1. The van der Waals surface area contributed by atoms with Gasteiger partial charge in [0.05, 0.1) is 31.3 Å². The first-order valence-electron chi connectivity index (χ1n) is 9.48. The van der Waals surface area contributed by atoms with E-state index >= 15 is 0 Å². The van der Waals surface area contributed by atoms with Crippen molar-refractivity contribution in [3.05, 3.63) is 110 Å². The van der Waals surface area contributed by atoms with Crippen molar-refractivity contribution in [2.45, 2.75) is 13.1 Å². The van der Waals surface area contributed by atoms with Crippen molar-refractivity contribution in [2.75, 3.05) is 7.11 Å². The molecule has 31 heavy (non-hydrogen) atoms. The number of ether oxygens (including phenoxy) is 1. The van der Waals surface area contributed by atoms with E-state index in [4.69, 9.17) is 4.74 Å². The molecular weight excluding hydrogens is 401 g/mol. The number of nitrogens with zero attached hydrogens (tertiary/aromatic N) is 3. The summed E-state index contributed by atoms with van der Waals surface area (Å²) in [7, 11) is 1.30. The zero-order valence-electron chi connectivity index (χ0n) is 16.6. The number of pyridine rings is 1. The molecule has 2 aromatic heterocycles. The van der Waals surface area contributed by atoms with Crippen molar-refractivity contribution in [2.24, 2.45) is 0 Å². The number of rotatable bonds is 5. The second-order valence-corrected chi connectivity index (χ2v) is 6.95. The molecule has 0 aliphatic rings. The van der Waals surface area contributed by atoms with Crippen LogP contribution in [0.1, 0.15) is 21.5 Å². The fourth-order valence-electron chi connectivity index (χ4n) is 3.35. The standard InChI is InChI=1S/C23H18FN3O4/c1-31-22(29)17-8-4-15(5-9-17)13-26-19-3-2-12-25-20(19)21(28)27(23(26)30)14-16-6-10-18(24)11-7-16/h2-12H,13-14H2,1H3. The molecule has 0 atom stereocenters. The van der Waals surface area contributed by atoms with Crippen molar-refractivity contribution in [3.63, 3.8) is 0 Å². The molecule has 0 saturated heterocycles. The first kappa shape index (κ1) is 20.2. The van der Waals surface area contributed by atoms with E-state index in [1.165, 1.54) is 42.1 Å². The van der Waals surface area contributed by atoms with Crippen molar-refractivity contribution >= 4 is 17.0 Å². The molecule has 7 nitrogen and oxygen atoms in total. The fourth-order valence-corrected chi connectivity index (χ4v) is 3.35. The topological polar surface area (TPSA) is 83.2 Å². The SMILES string of the molecule is COC(=O)c1ccc(Cn2c(=O)n(Cc3ccc(F)cc3)c(=O)c3ncccc32)cc1. The van der Waals surface area contributed by atoms with E-state index in [2.05, 4.69) is 4.98 Å². The van der Waals surface area contributed by atoms with Crippen LogP contribution in [0, 0.1) is 5.82 Å². The summed E-state index contributed by atoms with van der Waals surface area (Å²) >= 11 is 0. The molecule has 156 valence electrons. The first-order chi connectivity index (χ1) is 15.0. The van der Waals surface area contributed by atoms with Crippen LogP contribution in [0.5, 0.6) is 0 Å². The molecule has 4 aromatic rings. The second kappa shape index (κ2) is 8.35. The van der Waals surface area contributed by atoms with Crippen LogP contribution >= 0.6 is 0 Å². The average Bonchev–Trinajstić information content (AvgIpc) is 2.80. The molecule has 0 aliphatic heterocycles. The summed E-state index contributed by atoms with van der Waals surface area (Å²) in [5.41, 5.74) is 1.32. The van der Waals surface area contributed by atoms with E-state index in [0.29, 0.717) is 16.6 Å². The molecular formula is C23H18FN3O4. The van der Waals surface area contributed by atoms with E-state index < -0.39 is 23.0 Å². The normalized spacial score (nSPS) is 10.9. The van der Waals surface area contributed by atoms with Gasteiger partial charge in [0.15, 0.2) is 5.52 Å². The van der Waals surface area contributed by atoms with Crippen molar-refractivity contribution in [1.29, 1.82) is 0 Å². The van der Waals surface area contributed by atoms with E-state index in [1.54, 1.807) is 36.4 Å². The van der Waals surface area contributed by atoms with Gasteiger partial charge in [-0.2, -0.15) is 0 Å². The summed E-state index contributed by atoms with van der Waals surface area (Å²) < 4.78 is 20.5. The molecule has 0 N–H and O–H groups in total. The van der Waals surface area contributed by atoms with Crippen LogP contribution < -0.4 is 11.2 Å². The molecule has 2 aromatic carbocycles. The van der Waals surface area contributed by atoms with Crippen LogP contribution in [0.4, 0.5) is 4.39 Å².